The summed E-state index contributed by atoms with van der Waals surface area (Å²) in [6, 6.07) is 6.04. The van der Waals surface area contributed by atoms with Crippen LogP contribution in [-0.4, -0.2) is 15.9 Å². The molecule has 1 aromatic carbocycles. The van der Waals surface area contributed by atoms with Crippen LogP contribution in [0.2, 0.25) is 0 Å². The van der Waals surface area contributed by atoms with Crippen LogP contribution in [0.5, 0.6) is 5.75 Å². The van der Waals surface area contributed by atoms with E-state index in [9.17, 15) is 4.79 Å². The predicted molar refractivity (Wildman–Crippen MR) is 110 cm³/mol. The van der Waals surface area contributed by atoms with Gasteiger partial charge in [-0.2, -0.15) is 0 Å². The SMILES string of the molecule is CC.Cc1c(CNC(=O)C2(C)CC2)[nH]c2cc(OCc3cscn3)ccc12. The number of rotatable bonds is 6. The van der Waals surface area contributed by atoms with E-state index in [0.717, 1.165) is 40.9 Å². The molecule has 0 radical (unpaired) electrons. The minimum atomic E-state index is -0.142. The number of H-pyrrole nitrogens is 1. The molecule has 2 heterocycles. The molecule has 0 unspecified atom stereocenters. The van der Waals surface area contributed by atoms with Gasteiger partial charge in [-0.25, -0.2) is 4.98 Å². The molecule has 27 heavy (non-hydrogen) atoms. The monoisotopic (exact) mass is 385 g/mol. The molecule has 0 bridgehead atoms. The molecule has 0 aliphatic heterocycles. The molecule has 1 fully saturated rings. The third-order valence-corrected chi connectivity index (χ3v) is 5.61. The van der Waals surface area contributed by atoms with Crippen molar-refractivity contribution in [3.63, 3.8) is 0 Å². The maximum Gasteiger partial charge on any atom is 0.226 e. The molecule has 2 aromatic heterocycles. The van der Waals surface area contributed by atoms with Crippen LogP contribution < -0.4 is 10.1 Å². The minimum absolute atomic E-state index is 0.142. The highest BCUT2D eigenvalue weighted by Gasteiger charge is 2.44. The Morgan fingerprint density at radius 3 is 2.81 bits per heavy atom. The highest BCUT2D eigenvalue weighted by atomic mass is 32.1. The summed E-state index contributed by atoms with van der Waals surface area (Å²) in [4.78, 5) is 19.8. The Morgan fingerprint density at radius 2 is 2.15 bits per heavy atom. The molecule has 1 aliphatic rings. The molecule has 6 heteroatoms. The molecule has 1 amide bonds. The summed E-state index contributed by atoms with van der Waals surface area (Å²) >= 11 is 1.56. The van der Waals surface area contributed by atoms with E-state index in [1.807, 2.05) is 38.3 Å². The van der Waals surface area contributed by atoms with Gasteiger partial charge in [0.05, 0.1) is 17.7 Å². The van der Waals surface area contributed by atoms with Crippen LogP contribution in [0, 0.1) is 12.3 Å². The van der Waals surface area contributed by atoms with Gasteiger partial charge in [0.25, 0.3) is 0 Å². The van der Waals surface area contributed by atoms with Crippen molar-refractivity contribution in [3.05, 3.63) is 46.0 Å². The van der Waals surface area contributed by atoms with Crippen LogP contribution in [0.3, 0.4) is 0 Å². The van der Waals surface area contributed by atoms with Crippen LogP contribution in [0.15, 0.2) is 29.1 Å². The Labute approximate surface area is 164 Å². The lowest BCUT2D eigenvalue weighted by molar-refractivity contribution is -0.125. The average molecular weight is 386 g/mol. The van der Waals surface area contributed by atoms with E-state index < -0.39 is 0 Å². The lowest BCUT2D eigenvalue weighted by Crippen LogP contribution is -2.30. The Balaban J connectivity index is 0.00000102. The van der Waals surface area contributed by atoms with Crippen molar-refractivity contribution in [3.8, 4) is 5.75 Å². The molecule has 144 valence electrons. The Morgan fingerprint density at radius 1 is 1.37 bits per heavy atom. The van der Waals surface area contributed by atoms with Gasteiger partial charge in [-0.15, -0.1) is 11.3 Å². The lowest BCUT2D eigenvalue weighted by Gasteiger charge is -2.09. The molecule has 0 spiro atoms. The molecule has 0 atom stereocenters. The molecule has 3 aromatic rings. The highest BCUT2D eigenvalue weighted by Crippen LogP contribution is 2.45. The van der Waals surface area contributed by atoms with Crippen LogP contribution in [-0.2, 0) is 17.9 Å². The van der Waals surface area contributed by atoms with Gasteiger partial charge in [-0.05, 0) is 37.5 Å². The van der Waals surface area contributed by atoms with Gasteiger partial charge in [0.1, 0.15) is 12.4 Å². The van der Waals surface area contributed by atoms with Gasteiger partial charge in [0, 0.05) is 33.5 Å². The van der Waals surface area contributed by atoms with Crippen LogP contribution in [0.4, 0.5) is 0 Å². The van der Waals surface area contributed by atoms with Crippen molar-refractivity contribution < 1.29 is 9.53 Å². The van der Waals surface area contributed by atoms with E-state index >= 15 is 0 Å². The zero-order valence-corrected chi connectivity index (χ0v) is 17.2. The van der Waals surface area contributed by atoms with Crippen LogP contribution in [0.25, 0.3) is 10.9 Å². The Kier molecular flexibility index (Phi) is 5.85. The fourth-order valence-electron chi connectivity index (χ4n) is 2.90. The fraction of sp³-hybridized carbons (Fsp3) is 0.429. The first-order valence-electron chi connectivity index (χ1n) is 9.44. The zero-order chi connectivity index (χ0) is 19.4. The van der Waals surface area contributed by atoms with E-state index in [2.05, 4.69) is 28.3 Å². The number of carbonyl (C=O) groups excluding carboxylic acids is 1. The molecule has 5 nitrogen and oxygen atoms in total. The second-order valence-electron chi connectivity index (χ2n) is 6.95. The summed E-state index contributed by atoms with van der Waals surface area (Å²) < 4.78 is 5.81. The average Bonchev–Trinajstić information content (AvgIpc) is 3.11. The van der Waals surface area contributed by atoms with Crippen molar-refractivity contribution in [2.24, 2.45) is 5.41 Å². The van der Waals surface area contributed by atoms with Gasteiger partial charge >= 0.3 is 0 Å². The fourth-order valence-corrected chi connectivity index (χ4v) is 3.45. The largest absolute Gasteiger partial charge is 0.487 e. The number of fused-ring (bicyclic) bond motifs is 1. The normalized spacial score (nSPS) is 14.4. The number of hydrogen-bond donors (Lipinski definition) is 2. The Hall–Kier alpha value is -2.34. The second kappa shape index (κ2) is 8.13. The van der Waals surface area contributed by atoms with Crippen molar-refractivity contribution in [1.82, 2.24) is 15.3 Å². The van der Waals surface area contributed by atoms with E-state index in [-0.39, 0.29) is 11.3 Å². The van der Waals surface area contributed by atoms with Crippen molar-refractivity contribution in [2.75, 3.05) is 0 Å². The number of aryl methyl sites for hydroxylation is 1. The maximum absolute atomic E-state index is 12.1. The third-order valence-electron chi connectivity index (χ3n) is 4.98. The van der Waals surface area contributed by atoms with E-state index in [4.69, 9.17) is 4.74 Å². The summed E-state index contributed by atoms with van der Waals surface area (Å²) in [6.07, 6.45) is 1.98. The number of aromatic amines is 1. The standard InChI is InChI=1S/C19H21N3O2S.C2H6/c1-12-15-4-3-14(24-9-13-10-25-11-21-13)7-16(15)22-17(12)8-20-18(23)19(2)5-6-19;1-2/h3-4,7,10-11,22H,5-6,8-9H2,1-2H3,(H,20,23);1-2H3. The molecule has 1 saturated carbocycles. The van der Waals surface area contributed by atoms with Gasteiger partial charge in [0.15, 0.2) is 0 Å². The number of nitrogens with one attached hydrogen (secondary N) is 2. The summed E-state index contributed by atoms with van der Waals surface area (Å²) in [5.74, 6) is 0.959. The first-order chi connectivity index (χ1) is 13.0. The number of aromatic nitrogens is 2. The molecule has 1 aliphatic carbocycles. The molecular weight excluding hydrogens is 358 g/mol. The number of thiazole rings is 1. The first-order valence-corrected chi connectivity index (χ1v) is 10.4. The second-order valence-corrected chi connectivity index (χ2v) is 7.67. The van der Waals surface area contributed by atoms with Gasteiger partial charge in [-0.3, -0.25) is 4.79 Å². The lowest BCUT2D eigenvalue weighted by atomic mass is 10.1. The number of nitrogens with zero attached hydrogens (tertiary/aromatic N) is 1. The zero-order valence-electron chi connectivity index (χ0n) is 16.4. The Bertz CT molecular complexity index is 911. The topological polar surface area (TPSA) is 67.0 Å². The predicted octanol–water partition coefficient (Wildman–Crippen LogP) is 4.95. The third kappa shape index (κ3) is 4.33. The van der Waals surface area contributed by atoms with Crippen LogP contribution in [0.1, 0.15) is 50.6 Å². The quantitative estimate of drug-likeness (QED) is 0.630. The molecular formula is C21H27N3O2S. The summed E-state index contributed by atoms with van der Waals surface area (Å²) in [5, 5.41) is 6.19. The van der Waals surface area contributed by atoms with Crippen LogP contribution >= 0.6 is 11.3 Å². The van der Waals surface area contributed by atoms with Gasteiger partial charge in [-0.1, -0.05) is 20.8 Å². The van der Waals surface area contributed by atoms with Crippen molar-refractivity contribution in [2.45, 2.75) is 53.7 Å². The molecule has 4 rings (SSSR count). The van der Waals surface area contributed by atoms with E-state index in [1.165, 1.54) is 5.56 Å². The van der Waals surface area contributed by atoms with Crippen molar-refractivity contribution >= 4 is 28.1 Å². The number of ether oxygens (including phenoxy) is 1. The molecule has 0 saturated heterocycles. The van der Waals surface area contributed by atoms with Crippen molar-refractivity contribution in [1.29, 1.82) is 0 Å². The minimum Gasteiger partial charge on any atom is -0.487 e. The first kappa shape index (κ1) is 19.4. The van der Waals surface area contributed by atoms with E-state index in [0.29, 0.717) is 13.2 Å². The van der Waals surface area contributed by atoms with Gasteiger partial charge in [0.2, 0.25) is 5.91 Å². The summed E-state index contributed by atoms with van der Waals surface area (Å²) in [5.41, 5.74) is 5.83. The van der Waals surface area contributed by atoms with E-state index in [1.54, 1.807) is 16.8 Å². The number of amides is 1. The summed E-state index contributed by atoms with van der Waals surface area (Å²) in [7, 11) is 0. The number of benzene rings is 1. The van der Waals surface area contributed by atoms with Gasteiger partial charge < -0.3 is 15.0 Å². The number of hydrogen-bond acceptors (Lipinski definition) is 4. The number of carbonyl (C=O) groups is 1. The smallest absolute Gasteiger partial charge is 0.226 e. The molecule has 2 N–H and O–H groups in total. The highest BCUT2D eigenvalue weighted by molar-refractivity contribution is 7.07. The summed E-state index contributed by atoms with van der Waals surface area (Å²) in [6.45, 7) is 9.10. The maximum atomic E-state index is 12.1.